The Hall–Kier alpha value is -2.73. The number of para-hydroxylation sites is 1. The van der Waals surface area contributed by atoms with Gasteiger partial charge in [-0.1, -0.05) is 18.2 Å². The van der Waals surface area contributed by atoms with E-state index in [4.69, 9.17) is 14.2 Å². The molecule has 0 spiro atoms. The maximum atomic E-state index is 12.8. The van der Waals surface area contributed by atoms with Crippen LogP contribution >= 0.6 is 34.4 Å². The van der Waals surface area contributed by atoms with E-state index in [-0.39, 0.29) is 30.9 Å². The number of hydrogen-bond donors (Lipinski definition) is 0. The second kappa shape index (κ2) is 11.9. The Morgan fingerprint density at radius 2 is 1.88 bits per heavy atom. The van der Waals surface area contributed by atoms with E-state index in [2.05, 4.69) is 27.3 Å². The average molecular weight is 583 g/mol. The monoisotopic (exact) mass is 583 g/mol. The summed E-state index contributed by atoms with van der Waals surface area (Å²) in [6.45, 7) is 2.31. The van der Waals surface area contributed by atoms with E-state index in [0.717, 1.165) is 11.8 Å². The molecule has 2 aromatic rings. The molecule has 0 aliphatic carbocycles. The van der Waals surface area contributed by atoms with Crippen LogP contribution in [0.4, 0.5) is 4.79 Å². The molecule has 3 rings (SSSR count). The average Bonchev–Trinajstić information content (AvgIpc) is 3.06. The lowest BCUT2D eigenvalue weighted by atomic mass is 10.2. The first-order valence-electron chi connectivity index (χ1n) is 10.0. The third kappa shape index (κ3) is 6.64. The van der Waals surface area contributed by atoms with E-state index >= 15 is 0 Å². The van der Waals surface area contributed by atoms with Gasteiger partial charge in [-0.2, -0.15) is 0 Å². The number of nitrogens with zero attached hydrogens (tertiary/aromatic N) is 1. The van der Waals surface area contributed by atoms with Gasteiger partial charge in [-0.05, 0) is 77.2 Å². The zero-order valence-corrected chi connectivity index (χ0v) is 21.0. The first kappa shape index (κ1) is 24.9. The summed E-state index contributed by atoms with van der Waals surface area (Å²) in [5.41, 5.74) is 0.666. The predicted octanol–water partition coefficient (Wildman–Crippen LogP) is 4.36. The third-order valence-electron chi connectivity index (χ3n) is 4.39. The summed E-state index contributed by atoms with van der Waals surface area (Å²) in [5.74, 6) is 0.622. The van der Waals surface area contributed by atoms with Gasteiger partial charge in [0.05, 0.1) is 28.7 Å². The summed E-state index contributed by atoms with van der Waals surface area (Å²) in [4.78, 5) is 38.1. The predicted molar refractivity (Wildman–Crippen MR) is 132 cm³/mol. The zero-order chi connectivity index (χ0) is 23.8. The topological polar surface area (TPSA) is 91.4 Å². The first-order chi connectivity index (χ1) is 15.9. The molecule has 2 amide bonds. The van der Waals surface area contributed by atoms with Gasteiger partial charge >= 0.3 is 5.97 Å². The molecule has 0 atom stereocenters. The lowest BCUT2D eigenvalue weighted by Crippen LogP contribution is -2.32. The van der Waals surface area contributed by atoms with E-state index in [1.54, 1.807) is 18.2 Å². The largest absolute Gasteiger partial charge is 0.492 e. The molecule has 1 heterocycles. The van der Waals surface area contributed by atoms with Crippen LogP contribution in [0.5, 0.6) is 17.2 Å². The van der Waals surface area contributed by atoms with Crippen LogP contribution in [0.25, 0.3) is 6.08 Å². The van der Waals surface area contributed by atoms with Crippen molar-refractivity contribution in [2.75, 3.05) is 33.5 Å². The van der Waals surface area contributed by atoms with Crippen molar-refractivity contribution >= 4 is 57.5 Å². The molecule has 1 aliphatic heterocycles. The van der Waals surface area contributed by atoms with Crippen LogP contribution < -0.4 is 14.2 Å². The maximum absolute atomic E-state index is 12.8. The fourth-order valence-corrected chi connectivity index (χ4v) is 4.53. The Bertz CT molecular complexity index is 1060. The number of hydrogen-bond acceptors (Lipinski definition) is 8. The SMILES string of the molecule is CCOc1cc(/C=C2\SC(=O)N(CCOc3ccccc3)C2=O)cc(I)c1OCC(=O)OC. The maximum Gasteiger partial charge on any atom is 0.343 e. The minimum absolute atomic E-state index is 0.152. The third-order valence-corrected chi connectivity index (χ3v) is 6.10. The molecule has 0 radical (unpaired) electrons. The van der Waals surface area contributed by atoms with Crippen LogP contribution in [-0.4, -0.2) is 55.5 Å². The highest BCUT2D eigenvalue weighted by atomic mass is 127. The molecular weight excluding hydrogens is 561 g/mol. The Morgan fingerprint density at radius 3 is 2.58 bits per heavy atom. The summed E-state index contributed by atoms with van der Waals surface area (Å²) in [5, 5.41) is -0.347. The lowest BCUT2D eigenvalue weighted by molar-refractivity contribution is -0.143. The number of methoxy groups -OCH3 is 1. The van der Waals surface area contributed by atoms with E-state index in [1.807, 2.05) is 37.3 Å². The number of ether oxygens (including phenoxy) is 4. The Morgan fingerprint density at radius 1 is 1.12 bits per heavy atom. The second-order valence-electron chi connectivity index (χ2n) is 6.62. The smallest absolute Gasteiger partial charge is 0.343 e. The second-order valence-corrected chi connectivity index (χ2v) is 8.78. The fourth-order valence-electron chi connectivity index (χ4n) is 2.88. The summed E-state index contributed by atoms with van der Waals surface area (Å²) in [6.07, 6.45) is 1.64. The van der Waals surface area contributed by atoms with Crippen molar-refractivity contribution in [1.82, 2.24) is 4.90 Å². The van der Waals surface area contributed by atoms with Gasteiger partial charge in [0.2, 0.25) is 0 Å². The van der Waals surface area contributed by atoms with Gasteiger partial charge in [-0.25, -0.2) is 4.79 Å². The van der Waals surface area contributed by atoms with Gasteiger partial charge in [0.15, 0.2) is 18.1 Å². The molecule has 1 fully saturated rings. The van der Waals surface area contributed by atoms with Gasteiger partial charge in [-0.15, -0.1) is 0 Å². The Balaban J connectivity index is 1.73. The summed E-state index contributed by atoms with van der Waals surface area (Å²) < 4.78 is 22.1. The van der Waals surface area contributed by atoms with Crippen LogP contribution in [0.3, 0.4) is 0 Å². The van der Waals surface area contributed by atoms with Crippen molar-refractivity contribution < 1.29 is 33.3 Å². The summed E-state index contributed by atoms with van der Waals surface area (Å²) >= 11 is 2.94. The van der Waals surface area contributed by atoms with Crippen molar-refractivity contribution in [3.05, 3.63) is 56.5 Å². The van der Waals surface area contributed by atoms with Crippen LogP contribution in [0.15, 0.2) is 47.4 Å². The van der Waals surface area contributed by atoms with Crippen molar-refractivity contribution in [2.45, 2.75) is 6.92 Å². The van der Waals surface area contributed by atoms with Crippen molar-refractivity contribution in [3.8, 4) is 17.2 Å². The van der Waals surface area contributed by atoms with Gasteiger partial charge in [0, 0.05) is 0 Å². The van der Waals surface area contributed by atoms with Crippen molar-refractivity contribution in [1.29, 1.82) is 0 Å². The van der Waals surface area contributed by atoms with E-state index in [1.165, 1.54) is 12.0 Å². The van der Waals surface area contributed by atoms with E-state index in [0.29, 0.717) is 37.9 Å². The Kier molecular flexibility index (Phi) is 9.01. The molecule has 8 nitrogen and oxygen atoms in total. The molecule has 10 heteroatoms. The first-order valence-corrected chi connectivity index (χ1v) is 11.9. The number of esters is 1. The van der Waals surface area contributed by atoms with E-state index in [9.17, 15) is 14.4 Å². The van der Waals surface area contributed by atoms with Crippen molar-refractivity contribution in [2.24, 2.45) is 0 Å². The van der Waals surface area contributed by atoms with Crippen LogP contribution in [0.1, 0.15) is 12.5 Å². The van der Waals surface area contributed by atoms with Crippen molar-refractivity contribution in [3.63, 3.8) is 0 Å². The molecular formula is C23H22INO7S. The van der Waals surface area contributed by atoms with Crippen LogP contribution in [-0.2, 0) is 14.3 Å². The molecule has 0 unspecified atom stereocenters. The number of carbonyl (C=O) groups excluding carboxylic acids is 3. The molecule has 0 N–H and O–H groups in total. The zero-order valence-electron chi connectivity index (χ0n) is 18.0. The standard InChI is InChI=1S/C23H22INO7S/c1-3-30-18-12-15(11-17(24)21(18)32-14-20(26)29-2)13-19-22(27)25(23(28)33-19)9-10-31-16-7-5-4-6-8-16/h4-8,11-13H,3,9-10,14H2,1-2H3/b19-13-. The minimum Gasteiger partial charge on any atom is -0.492 e. The number of thioether (sulfide) groups is 1. The highest BCUT2D eigenvalue weighted by Crippen LogP contribution is 2.37. The number of benzene rings is 2. The van der Waals surface area contributed by atoms with Gasteiger partial charge in [-0.3, -0.25) is 14.5 Å². The quantitative estimate of drug-likeness (QED) is 0.232. The van der Waals surface area contributed by atoms with Crippen LogP contribution in [0.2, 0.25) is 0 Å². The molecule has 2 aromatic carbocycles. The molecule has 174 valence electrons. The van der Waals surface area contributed by atoms with E-state index < -0.39 is 5.97 Å². The highest BCUT2D eigenvalue weighted by Gasteiger charge is 2.35. The van der Waals surface area contributed by atoms with Gasteiger partial charge in [0.25, 0.3) is 11.1 Å². The van der Waals surface area contributed by atoms with Crippen LogP contribution in [0, 0.1) is 3.57 Å². The van der Waals surface area contributed by atoms with Gasteiger partial charge < -0.3 is 18.9 Å². The highest BCUT2D eigenvalue weighted by molar-refractivity contribution is 14.1. The number of rotatable bonds is 10. The molecule has 1 aliphatic rings. The van der Waals surface area contributed by atoms with Gasteiger partial charge in [0.1, 0.15) is 12.4 Å². The number of carbonyl (C=O) groups is 3. The molecule has 0 saturated carbocycles. The molecule has 0 aromatic heterocycles. The number of amides is 2. The number of halogens is 1. The molecule has 33 heavy (non-hydrogen) atoms. The summed E-state index contributed by atoms with van der Waals surface area (Å²) in [6, 6.07) is 12.7. The fraction of sp³-hybridized carbons (Fsp3) is 0.261. The molecule has 1 saturated heterocycles. The lowest BCUT2D eigenvalue weighted by Gasteiger charge is -2.14. The molecule has 0 bridgehead atoms. The number of imide groups is 1. The minimum atomic E-state index is -0.512. The Labute approximate surface area is 209 Å². The summed E-state index contributed by atoms with van der Waals surface area (Å²) in [7, 11) is 1.28. The normalized spacial score (nSPS) is 14.5.